The Morgan fingerprint density at radius 3 is 2.54 bits per heavy atom. The highest BCUT2D eigenvalue weighted by Crippen LogP contribution is 2.36. The fraction of sp³-hybridized carbons (Fsp3) is 0.250. The molecule has 1 aromatic carbocycles. The van der Waals surface area contributed by atoms with Crippen molar-refractivity contribution < 1.29 is 18.0 Å². The number of halogens is 4. The molecular weight excluding hydrogens is 343 g/mol. The molecule has 4 nitrogen and oxygen atoms in total. The lowest BCUT2D eigenvalue weighted by Crippen LogP contribution is -2.17. The van der Waals surface area contributed by atoms with E-state index in [1.54, 1.807) is 6.07 Å². The van der Waals surface area contributed by atoms with Crippen LogP contribution in [-0.2, 0) is 6.18 Å². The third-order valence-electron chi connectivity index (χ3n) is 3.49. The minimum Gasteiger partial charge on any atom is -0.367 e. The van der Waals surface area contributed by atoms with Crippen LogP contribution in [0.4, 0.5) is 24.7 Å². The fourth-order valence-electron chi connectivity index (χ4n) is 2.10. The molecule has 1 aliphatic carbocycles. The van der Waals surface area contributed by atoms with Gasteiger partial charge in [0, 0.05) is 17.3 Å². The van der Waals surface area contributed by atoms with E-state index in [0.29, 0.717) is 11.9 Å². The molecular formula is C16H13ClF3N3O. The Morgan fingerprint density at radius 1 is 1.21 bits per heavy atom. The van der Waals surface area contributed by atoms with Gasteiger partial charge in [-0.2, -0.15) is 13.2 Å². The largest absolute Gasteiger partial charge is 0.418 e. The molecule has 0 spiro atoms. The number of nitrogens with one attached hydrogen (secondary N) is 2. The smallest absolute Gasteiger partial charge is 0.367 e. The number of rotatable bonds is 4. The van der Waals surface area contributed by atoms with Gasteiger partial charge in [0.2, 0.25) is 0 Å². The highest BCUT2D eigenvalue weighted by Gasteiger charge is 2.34. The monoisotopic (exact) mass is 355 g/mol. The maximum Gasteiger partial charge on any atom is 0.418 e. The van der Waals surface area contributed by atoms with E-state index in [1.165, 1.54) is 18.3 Å². The van der Waals surface area contributed by atoms with E-state index in [-0.39, 0.29) is 16.3 Å². The first-order valence-electron chi connectivity index (χ1n) is 7.23. The maximum atomic E-state index is 13.0. The summed E-state index contributed by atoms with van der Waals surface area (Å²) in [5, 5.41) is 5.36. The zero-order chi connectivity index (χ0) is 17.3. The van der Waals surface area contributed by atoms with Gasteiger partial charge in [0.15, 0.2) is 0 Å². The zero-order valence-corrected chi connectivity index (χ0v) is 13.1. The van der Waals surface area contributed by atoms with Crippen molar-refractivity contribution in [1.29, 1.82) is 0 Å². The number of hydrogen-bond donors (Lipinski definition) is 2. The van der Waals surface area contributed by atoms with Crippen LogP contribution in [0.25, 0.3) is 0 Å². The summed E-state index contributed by atoms with van der Waals surface area (Å²) < 4.78 is 39.1. The van der Waals surface area contributed by atoms with E-state index in [4.69, 9.17) is 11.6 Å². The number of carbonyl (C=O) groups excluding carboxylic acids is 1. The van der Waals surface area contributed by atoms with Gasteiger partial charge in [0.05, 0.1) is 16.8 Å². The second-order valence-corrected chi connectivity index (χ2v) is 5.93. The first-order valence-corrected chi connectivity index (χ1v) is 7.61. The van der Waals surface area contributed by atoms with Crippen molar-refractivity contribution in [2.45, 2.75) is 25.1 Å². The Morgan fingerprint density at radius 2 is 1.96 bits per heavy atom. The van der Waals surface area contributed by atoms with E-state index in [9.17, 15) is 18.0 Å². The maximum absolute atomic E-state index is 13.0. The van der Waals surface area contributed by atoms with Crippen molar-refractivity contribution in [3.05, 3.63) is 52.7 Å². The first-order chi connectivity index (χ1) is 11.3. The number of pyridine rings is 1. The molecule has 1 aromatic heterocycles. The lowest BCUT2D eigenvalue weighted by Gasteiger charge is -2.14. The van der Waals surface area contributed by atoms with Crippen LogP contribution in [0.2, 0.25) is 5.02 Å². The van der Waals surface area contributed by atoms with Crippen LogP contribution in [0.3, 0.4) is 0 Å². The number of hydrogen-bond acceptors (Lipinski definition) is 3. The summed E-state index contributed by atoms with van der Waals surface area (Å²) in [6.07, 6.45) is -1.13. The van der Waals surface area contributed by atoms with Crippen molar-refractivity contribution in [1.82, 2.24) is 4.98 Å². The van der Waals surface area contributed by atoms with E-state index >= 15 is 0 Å². The molecule has 0 aliphatic heterocycles. The first kappa shape index (κ1) is 16.6. The summed E-state index contributed by atoms with van der Waals surface area (Å²) in [7, 11) is 0. The van der Waals surface area contributed by atoms with Crippen molar-refractivity contribution in [2.75, 3.05) is 10.6 Å². The molecule has 8 heteroatoms. The van der Waals surface area contributed by atoms with Crippen molar-refractivity contribution in [2.24, 2.45) is 0 Å². The molecule has 2 aromatic rings. The zero-order valence-electron chi connectivity index (χ0n) is 12.3. The lowest BCUT2D eigenvalue weighted by molar-refractivity contribution is -0.136. The van der Waals surface area contributed by atoms with E-state index in [0.717, 1.165) is 25.0 Å². The number of carbonyl (C=O) groups is 1. The molecule has 0 radical (unpaired) electrons. The normalized spacial score (nSPS) is 14.3. The van der Waals surface area contributed by atoms with Gasteiger partial charge in [-0.25, -0.2) is 4.98 Å². The van der Waals surface area contributed by atoms with Crippen molar-refractivity contribution in [3.8, 4) is 0 Å². The molecule has 1 aliphatic rings. The van der Waals surface area contributed by atoms with Crippen molar-refractivity contribution in [3.63, 3.8) is 0 Å². The predicted octanol–water partition coefficient (Wildman–Crippen LogP) is 4.58. The van der Waals surface area contributed by atoms with Crippen LogP contribution in [0.5, 0.6) is 0 Å². The highest BCUT2D eigenvalue weighted by atomic mass is 35.5. The Hall–Kier alpha value is -2.28. The molecule has 0 bridgehead atoms. The molecule has 1 saturated carbocycles. The van der Waals surface area contributed by atoms with Gasteiger partial charge in [-0.15, -0.1) is 0 Å². The molecule has 1 fully saturated rings. The van der Waals surface area contributed by atoms with Crippen molar-refractivity contribution >= 4 is 29.0 Å². The van der Waals surface area contributed by atoms with Crippen LogP contribution in [0.1, 0.15) is 28.8 Å². The summed E-state index contributed by atoms with van der Waals surface area (Å²) in [5.41, 5.74) is -1.18. The minimum absolute atomic E-state index is 0.0579. The third-order valence-corrected chi connectivity index (χ3v) is 3.73. The molecule has 3 rings (SSSR count). The minimum atomic E-state index is -4.62. The Kier molecular flexibility index (Phi) is 4.36. The van der Waals surface area contributed by atoms with Gasteiger partial charge in [0.25, 0.3) is 5.91 Å². The standard InChI is InChI=1S/C16H13ClF3N3O/c17-10-2-5-13(12(7-10)16(18,19)20)23-15(24)9-1-6-14(21-8-9)22-11-3-4-11/h1-2,5-8,11H,3-4H2,(H,21,22)(H,23,24). The van der Waals surface area contributed by atoms with Crippen LogP contribution >= 0.6 is 11.6 Å². The van der Waals surface area contributed by atoms with E-state index < -0.39 is 17.6 Å². The second kappa shape index (κ2) is 6.32. The van der Waals surface area contributed by atoms with Gasteiger partial charge in [-0.1, -0.05) is 11.6 Å². The van der Waals surface area contributed by atoms with Crippen LogP contribution in [0, 0.1) is 0 Å². The molecule has 24 heavy (non-hydrogen) atoms. The summed E-state index contributed by atoms with van der Waals surface area (Å²) in [6, 6.07) is 6.74. The average Bonchev–Trinajstić information content (AvgIpc) is 3.32. The van der Waals surface area contributed by atoms with E-state index in [1.807, 2.05) is 0 Å². The Bertz CT molecular complexity index is 758. The van der Waals surface area contributed by atoms with Gasteiger partial charge < -0.3 is 10.6 Å². The molecule has 1 heterocycles. The molecule has 1 amide bonds. The van der Waals surface area contributed by atoms with Crippen LogP contribution in [-0.4, -0.2) is 16.9 Å². The fourth-order valence-corrected chi connectivity index (χ4v) is 2.28. The molecule has 2 N–H and O–H groups in total. The van der Waals surface area contributed by atoms with E-state index in [2.05, 4.69) is 15.6 Å². The number of aromatic nitrogens is 1. The van der Waals surface area contributed by atoms with Gasteiger partial charge >= 0.3 is 6.18 Å². The quantitative estimate of drug-likeness (QED) is 0.844. The van der Waals surface area contributed by atoms with Crippen LogP contribution in [0.15, 0.2) is 36.5 Å². The second-order valence-electron chi connectivity index (χ2n) is 5.49. The number of nitrogens with zero attached hydrogens (tertiary/aromatic N) is 1. The van der Waals surface area contributed by atoms with Gasteiger partial charge in [-0.05, 0) is 43.2 Å². The lowest BCUT2D eigenvalue weighted by atomic mass is 10.1. The Labute approximate surface area is 141 Å². The summed E-state index contributed by atoms with van der Waals surface area (Å²) in [4.78, 5) is 16.2. The summed E-state index contributed by atoms with van der Waals surface area (Å²) in [6.45, 7) is 0. The summed E-state index contributed by atoms with van der Waals surface area (Å²) >= 11 is 5.61. The average molecular weight is 356 g/mol. The van der Waals surface area contributed by atoms with Gasteiger partial charge in [-0.3, -0.25) is 4.79 Å². The van der Waals surface area contributed by atoms with Gasteiger partial charge in [0.1, 0.15) is 5.82 Å². The molecule has 0 unspecified atom stereocenters. The summed E-state index contributed by atoms with van der Waals surface area (Å²) in [5.74, 6) is -0.0372. The molecule has 0 atom stereocenters. The number of amides is 1. The van der Waals surface area contributed by atoms with Crippen LogP contribution < -0.4 is 10.6 Å². The molecule has 126 valence electrons. The topological polar surface area (TPSA) is 54.0 Å². The Balaban J connectivity index is 1.77. The number of alkyl halides is 3. The highest BCUT2D eigenvalue weighted by molar-refractivity contribution is 6.30. The number of benzene rings is 1. The predicted molar refractivity (Wildman–Crippen MR) is 85.3 cm³/mol. The number of anilines is 2. The SMILES string of the molecule is O=C(Nc1ccc(Cl)cc1C(F)(F)F)c1ccc(NC2CC2)nc1. The molecule has 0 saturated heterocycles. The third kappa shape index (κ3) is 3.97.